The van der Waals surface area contributed by atoms with Crippen molar-refractivity contribution in [1.29, 1.82) is 0 Å². The van der Waals surface area contributed by atoms with Crippen LogP contribution < -0.4 is 20.1 Å². The Morgan fingerprint density at radius 1 is 1.26 bits per heavy atom. The maximum absolute atomic E-state index is 12.3. The first-order valence-corrected chi connectivity index (χ1v) is 8.98. The molecule has 0 aliphatic carbocycles. The van der Waals surface area contributed by atoms with Crippen LogP contribution in [0.4, 0.5) is 11.4 Å². The van der Waals surface area contributed by atoms with Crippen LogP contribution in [0.3, 0.4) is 0 Å². The van der Waals surface area contributed by atoms with E-state index >= 15 is 0 Å². The zero-order valence-electron chi connectivity index (χ0n) is 16.0. The van der Waals surface area contributed by atoms with Crippen LogP contribution in [0.2, 0.25) is 0 Å². The topological polar surface area (TPSA) is 76.7 Å². The monoisotopic (exact) mass is 368 g/mol. The maximum atomic E-state index is 12.3. The predicted molar refractivity (Wildman–Crippen MR) is 105 cm³/mol. The van der Waals surface area contributed by atoms with Gasteiger partial charge in [0.05, 0.1) is 5.69 Å². The molecule has 0 fully saturated rings. The zero-order chi connectivity index (χ0) is 19.6. The second-order valence-electron chi connectivity index (χ2n) is 6.99. The maximum Gasteiger partial charge on any atom is 0.265 e. The standard InChI is InChI=1S/C21H24N2O4/c1-12(2)16-7-5-13(3)9-19(16)26-11-20(24)22-15-6-8-18-17(10-15)23-21(25)14(4)27-18/h5-10,12,14H,11H2,1-4H3,(H,22,24)(H,23,25)/t14-/m0/s1. The van der Waals surface area contributed by atoms with Crippen molar-refractivity contribution in [2.75, 3.05) is 17.2 Å². The van der Waals surface area contributed by atoms with Crippen molar-refractivity contribution in [2.24, 2.45) is 0 Å². The van der Waals surface area contributed by atoms with Gasteiger partial charge in [0.15, 0.2) is 12.7 Å². The lowest BCUT2D eigenvalue weighted by atomic mass is 10.0. The third kappa shape index (κ3) is 4.39. The van der Waals surface area contributed by atoms with Crippen molar-refractivity contribution in [1.82, 2.24) is 0 Å². The number of fused-ring (bicyclic) bond motifs is 1. The average Bonchev–Trinajstić information content (AvgIpc) is 2.61. The number of amides is 2. The van der Waals surface area contributed by atoms with Crippen molar-refractivity contribution < 1.29 is 19.1 Å². The van der Waals surface area contributed by atoms with Gasteiger partial charge in [-0.05, 0) is 55.2 Å². The third-order valence-electron chi connectivity index (χ3n) is 4.34. The molecule has 2 aromatic rings. The van der Waals surface area contributed by atoms with Crippen LogP contribution in [0.1, 0.15) is 37.8 Å². The Balaban J connectivity index is 1.65. The van der Waals surface area contributed by atoms with Gasteiger partial charge in [0, 0.05) is 5.69 Å². The Morgan fingerprint density at radius 2 is 2.04 bits per heavy atom. The summed E-state index contributed by atoms with van der Waals surface area (Å²) in [7, 11) is 0. The van der Waals surface area contributed by atoms with Crippen LogP contribution in [0, 0.1) is 6.92 Å². The minimum atomic E-state index is -0.532. The highest BCUT2D eigenvalue weighted by Gasteiger charge is 2.23. The van der Waals surface area contributed by atoms with Crippen LogP contribution >= 0.6 is 0 Å². The summed E-state index contributed by atoms with van der Waals surface area (Å²) in [6.07, 6.45) is -0.532. The van der Waals surface area contributed by atoms with E-state index in [4.69, 9.17) is 9.47 Å². The molecule has 2 N–H and O–H groups in total. The highest BCUT2D eigenvalue weighted by molar-refractivity contribution is 5.99. The molecule has 27 heavy (non-hydrogen) atoms. The average molecular weight is 368 g/mol. The van der Waals surface area contributed by atoms with Crippen LogP contribution in [-0.2, 0) is 9.59 Å². The number of ether oxygens (including phenoxy) is 2. The lowest BCUT2D eigenvalue weighted by molar-refractivity contribution is -0.122. The lowest BCUT2D eigenvalue weighted by Gasteiger charge is -2.23. The smallest absolute Gasteiger partial charge is 0.265 e. The summed E-state index contributed by atoms with van der Waals surface area (Å²) in [5.41, 5.74) is 3.25. The molecular formula is C21H24N2O4. The molecule has 1 atom stereocenters. The SMILES string of the molecule is Cc1ccc(C(C)C)c(OCC(=O)Nc2ccc3c(c2)NC(=O)[C@H](C)O3)c1. The van der Waals surface area contributed by atoms with Crippen LogP contribution in [0.25, 0.3) is 0 Å². The second kappa shape index (κ2) is 7.70. The number of carbonyl (C=O) groups excluding carboxylic acids is 2. The molecule has 2 aromatic carbocycles. The van der Waals surface area contributed by atoms with E-state index in [0.717, 1.165) is 16.9 Å². The van der Waals surface area contributed by atoms with Crippen molar-refractivity contribution in [3.05, 3.63) is 47.5 Å². The number of nitrogens with one attached hydrogen (secondary N) is 2. The molecule has 0 saturated carbocycles. The molecule has 3 rings (SSSR count). The first kappa shape index (κ1) is 18.8. The summed E-state index contributed by atoms with van der Waals surface area (Å²) in [4.78, 5) is 24.0. The van der Waals surface area contributed by atoms with E-state index in [1.165, 1.54) is 0 Å². The molecule has 0 spiro atoms. The number of aryl methyl sites for hydroxylation is 1. The van der Waals surface area contributed by atoms with E-state index in [1.54, 1.807) is 25.1 Å². The Hall–Kier alpha value is -3.02. The van der Waals surface area contributed by atoms with E-state index in [1.807, 2.05) is 25.1 Å². The molecule has 0 bridgehead atoms. The van der Waals surface area contributed by atoms with E-state index in [9.17, 15) is 9.59 Å². The molecule has 0 unspecified atom stereocenters. The fraction of sp³-hybridized carbons (Fsp3) is 0.333. The van der Waals surface area contributed by atoms with Crippen LogP contribution in [-0.4, -0.2) is 24.5 Å². The predicted octanol–water partition coefficient (Wildman–Crippen LogP) is 3.86. The van der Waals surface area contributed by atoms with Gasteiger partial charge in [-0.1, -0.05) is 26.0 Å². The molecule has 0 radical (unpaired) electrons. The van der Waals surface area contributed by atoms with Crippen LogP contribution in [0.5, 0.6) is 11.5 Å². The molecular weight excluding hydrogens is 344 g/mol. The highest BCUT2D eigenvalue weighted by atomic mass is 16.5. The Labute approximate surface area is 158 Å². The number of rotatable bonds is 5. The molecule has 1 aliphatic rings. The molecule has 2 amide bonds. The van der Waals surface area contributed by atoms with Crippen molar-refractivity contribution >= 4 is 23.2 Å². The van der Waals surface area contributed by atoms with Crippen molar-refractivity contribution in [2.45, 2.75) is 39.7 Å². The van der Waals surface area contributed by atoms with Crippen molar-refractivity contribution in [3.8, 4) is 11.5 Å². The summed E-state index contributed by atoms with van der Waals surface area (Å²) >= 11 is 0. The quantitative estimate of drug-likeness (QED) is 0.840. The van der Waals surface area contributed by atoms with Gasteiger partial charge in [0.1, 0.15) is 11.5 Å². The summed E-state index contributed by atoms with van der Waals surface area (Å²) < 4.78 is 11.3. The fourth-order valence-corrected chi connectivity index (χ4v) is 2.87. The first-order valence-electron chi connectivity index (χ1n) is 8.98. The largest absolute Gasteiger partial charge is 0.483 e. The highest BCUT2D eigenvalue weighted by Crippen LogP contribution is 2.32. The number of hydrogen-bond donors (Lipinski definition) is 2. The van der Waals surface area contributed by atoms with Crippen LogP contribution in [0.15, 0.2) is 36.4 Å². The van der Waals surface area contributed by atoms with Gasteiger partial charge in [0.25, 0.3) is 11.8 Å². The number of carbonyl (C=O) groups is 2. The Bertz CT molecular complexity index is 876. The zero-order valence-corrected chi connectivity index (χ0v) is 16.0. The van der Waals surface area contributed by atoms with E-state index < -0.39 is 6.10 Å². The Morgan fingerprint density at radius 3 is 2.78 bits per heavy atom. The van der Waals surface area contributed by atoms with Gasteiger partial charge >= 0.3 is 0 Å². The van der Waals surface area contributed by atoms with Crippen molar-refractivity contribution in [3.63, 3.8) is 0 Å². The Kier molecular flexibility index (Phi) is 5.35. The van der Waals surface area contributed by atoms with E-state index in [2.05, 4.69) is 24.5 Å². The summed E-state index contributed by atoms with van der Waals surface area (Å²) in [6.45, 7) is 7.74. The van der Waals surface area contributed by atoms with Gasteiger partial charge in [-0.25, -0.2) is 0 Å². The fourth-order valence-electron chi connectivity index (χ4n) is 2.87. The number of hydrogen-bond acceptors (Lipinski definition) is 4. The summed E-state index contributed by atoms with van der Waals surface area (Å²) in [5.74, 6) is 1.12. The summed E-state index contributed by atoms with van der Waals surface area (Å²) in [5, 5.41) is 5.54. The summed E-state index contributed by atoms with van der Waals surface area (Å²) in [6, 6.07) is 11.1. The lowest BCUT2D eigenvalue weighted by Crippen LogP contribution is -2.34. The molecule has 1 heterocycles. The van der Waals surface area contributed by atoms with Gasteiger partial charge in [-0.3, -0.25) is 9.59 Å². The molecule has 1 aliphatic heterocycles. The normalized spacial score (nSPS) is 15.6. The van der Waals surface area contributed by atoms with Gasteiger partial charge < -0.3 is 20.1 Å². The van der Waals surface area contributed by atoms with E-state index in [0.29, 0.717) is 23.0 Å². The molecule has 6 nitrogen and oxygen atoms in total. The minimum Gasteiger partial charge on any atom is -0.483 e. The molecule has 6 heteroatoms. The number of anilines is 2. The minimum absolute atomic E-state index is 0.0971. The molecule has 142 valence electrons. The third-order valence-corrected chi connectivity index (χ3v) is 4.34. The first-order chi connectivity index (χ1) is 12.8. The van der Waals surface area contributed by atoms with E-state index in [-0.39, 0.29) is 18.4 Å². The molecule has 0 saturated heterocycles. The van der Waals surface area contributed by atoms with Gasteiger partial charge in [-0.15, -0.1) is 0 Å². The van der Waals surface area contributed by atoms with Gasteiger partial charge in [-0.2, -0.15) is 0 Å². The second-order valence-corrected chi connectivity index (χ2v) is 6.99. The van der Waals surface area contributed by atoms with Gasteiger partial charge in [0.2, 0.25) is 0 Å². The number of benzene rings is 2. The molecule has 0 aromatic heterocycles.